The monoisotopic (exact) mass is 386 g/mol. The predicted molar refractivity (Wildman–Crippen MR) is 97.0 cm³/mol. The van der Waals surface area contributed by atoms with Gasteiger partial charge in [0.05, 0.1) is 15.5 Å². The van der Waals surface area contributed by atoms with E-state index in [0.717, 1.165) is 30.7 Å². The van der Waals surface area contributed by atoms with Crippen LogP contribution in [0.15, 0.2) is 45.3 Å². The average Bonchev–Trinajstić information content (AvgIpc) is 3.10. The Morgan fingerprint density at radius 1 is 1.22 bits per heavy atom. The van der Waals surface area contributed by atoms with Crippen LogP contribution < -0.4 is 5.43 Å². The molecule has 4 aromatic rings. The Balaban J connectivity index is 1.67. The Kier molecular flexibility index (Phi) is 3.55. The summed E-state index contributed by atoms with van der Waals surface area (Å²) in [6.07, 6.45) is 1.73. The van der Waals surface area contributed by atoms with E-state index in [4.69, 9.17) is 0 Å². The first-order valence-electron chi connectivity index (χ1n) is 6.84. The minimum absolute atomic E-state index is 0.371. The summed E-state index contributed by atoms with van der Waals surface area (Å²) in [4.78, 5) is 5.54. The van der Waals surface area contributed by atoms with Gasteiger partial charge in [-0.05, 0) is 34.1 Å². The zero-order valence-electron chi connectivity index (χ0n) is 12.1. The number of nitrogens with one attached hydrogen (secondary N) is 1. The first kappa shape index (κ1) is 14.3. The average molecular weight is 387 g/mol. The van der Waals surface area contributed by atoms with Gasteiger partial charge in [-0.3, -0.25) is 0 Å². The molecule has 114 valence electrons. The van der Waals surface area contributed by atoms with E-state index in [1.807, 2.05) is 48.0 Å². The number of aryl methyl sites for hydroxylation is 1. The van der Waals surface area contributed by atoms with Gasteiger partial charge in [0.1, 0.15) is 5.52 Å². The first-order chi connectivity index (χ1) is 11.2. The van der Waals surface area contributed by atoms with Gasteiger partial charge < -0.3 is 4.57 Å². The molecule has 3 heterocycles. The number of benzene rings is 1. The number of hydrogen-bond acceptors (Lipinski definition) is 6. The number of hydrogen-bond donors (Lipinski definition) is 1. The molecule has 6 nitrogen and oxygen atoms in total. The molecule has 0 bridgehead atoms. The molecule has 0 spiro atoms. The highest BCUT2D eigenvalue weighted by Gasteiger charge is 2.11. The van der Waals surface area contributed by atoms with Crippen molar-refractivity contribution >= 4 is 61.5 Å². The quantitative estimate of drug-likeness (QED) is 0.429. The van der Waals surface area contributed by atoms with E-state index >= 15 is 0 Å². The van der Waals surface area contributed by atoms with E-state index in [2.05, 4.69) is 41.6 Å². The lowest BCUT2D eigenvalue weighted by Crippen LogP contribution is -2.00. The van der Waals surface area contributed by atoms with Gasteiger partial charge in [0.2, 0.25) is 0 Å². The molecule has 0 saturated heterocycles. The zero-order valence-corrected chi connectivity index (χ0v) is 14.5. The maximum Gasteiger partial charge on any atom is 0.265 e. The molecule has 0 unspecified atom stereocenters. The molecule has 1 N–H and O–H groups in total. The van der Waals surface area contributed by atoms with E-state index in [1.165, 1.54) is 0 Å². The molecule has 0 radical (unpaired) electrons. The molecule has 8 heteroatoms. The second kappa shape index (κ2) is 5.71. The van der Waals surface area contributed by atoms with Crippen molar-refractivity contribution < 1.29 is 0 Å². The molecule has 0 fully saturated rings. The highest BCUT2D eigenvalue weighted by atomic mass is 79.9. The lowest BCUT2D eigenvalue weighted by Gasteiger charge is -1.99. The van der Waals surface area contributed by atoms with Gasteiger partial charge >= 0.3 is 0 Å². The molecule has 1 aromatic carbocycles. The highest BCUT2D eigenvalue weighted by molar-refractivity contribution is 9.11. The zero-order chi connectivity index (χ0) is 15.8. The summed E-state index contributed by atoms with van der Waals surface area (Å²) in [6, 6.07) is 12.0. The van der Waals surface area contributed by atoms with Crippen LogP contribution in [0, 0.1) is 0 Å². The molecule has 0 atom stereocenters. The van der Waals surface area contributed by atoms with Crippen LogP contribution in [0.3, 0.4) is 0 Å². The van der Waals surface area contributed by atoms with Crippen molar-refractivity contribution in [2.45, 2.75) is 0 Å². The maximum atomic E-state index is 4.51. The summed E-state index contributed by atoms with van der Waals surface area (Å²) in [5.41, 5.74) is 5.47. The number of anilines is 1. The van der Waals surface area contributed by atoms with Crippen molar-refractivity contribution in [3.8, 4) is 0 Å². The topological polar surface area (TPSA) is 68.0 Å². The number of hydrazone groups is 1. The summed E-state index contributed by atoms with van der Waals surface area (Å²) < 4.78 is 3.07. The van der Waals surface area contributed by atoms with E-state index in [1.54, 1.807) is 17.6 Å². The van der Waals surface area contributed by atoms with Crippen LogP contribution in [0.25, 0.3) is 22.1 Å². The van der Waals surface area contributed by atoms with Gasteiger partial charge in [0.25, 0.3) is 5.95 Å². The van der Waals surface area contributed by atoms with Gasteiger partial charge in [-0.2, -0.15) is 10.1 Å². The van der Waals surface area contributed by atoms with Crippen molar-refractivity contribution in [2.75, 3.05) is 5.43 Å². The Bertz CT molecular complexity index is 1030. The molecule has 0 aliphatic carbocycles. The van der Waals surface area contributed by atoms with Crippen molar-refractivity contribution in [3.05, 3.63) is 45.1 Å². The Hall–Kier alpha value is -2.32. The van der Waals surface area contributed by atoms with Gasteiger partial charge in [0, 0.05) is 17.3 Å². The van der Waals surface area contributed by atoms with Gasteiger partial charge in [-0.15, -0.1) is 21.5 Å². The molecule has 3 aromatic heterocycles. The Morgan fingerprint density at radius 3 is 2.91 bits per heavy atom. The lowest BCUT2D eigenvalue weighted by molar-refractivity contribution is 0.949. The SMILES string of the molecule is Cn1c2ccccc2c2nnc(NN=Cc3ccc(Br)s3)nc21. The number of fused-ring (bicyclic) bond motifs is 3. The largest absolute Gasteiger partial charge is 0.327 e. The second-order valence-corrected chi connectivity index (χ2v) is 7.39. The minimum atomic E-state index is 0.371. The Labute approximate surface area is 144 Å². The highest BCUT2D eigenvalue weighted by Crippen LogP contribution is 2.25. The minimum Gasteiger partial charge on any atom is -0.327 e. The predicted octanol–water partition coefficient (Wildman–Crippen LogP) is 3.79. The molecule has 0 saturated carbocycles. The number of thiophene rings is 1. The maximum absolute atomic E-state index is 4.51. The molecular weight excluding hydrogens is 376 g/mol. The standard InChI is InChI=1S/C15H11BrN6S/c1-22-11-5-3-2-4-10(11)13-14(22)18-15(21-19-13)20-17-8-9-6-7-12(16)23-9/h2-8H,1H3,(H,18,20,21). The molecule has 0 aliphatic rings. The van der Waals surface area contributed by atoms with E-state index in [0.29, 0.717) is 5.95 Å². The van der Waals surface area contributed by atoms with Crippen molar-refractivity contribution in [1.29, 1.82) is 0 Å². The molecular formula is C15H11BrN6S. The van der Waals surface area contributed by atoms with Crippen LogP contribution in [0.4, 0.5) is 5.95 Å². The smallest absolute Gasteiger partial charge is 0.265 e. The molecule has 0 amide bonds. The summed E-state index contributed by atoms with van der Waals surface area (Å²) in [6.45, 7) is 0. The number of nitrogens with zero attached hydrogens (tertiary/aromatic N) is 5. The molecule has 4 rings (SSSR count). The van der Waals surface area contributed by atoms with Gasteiger partial charge in [-0.25, -0.2) is 5.43 Å². The second-order valence-electron chi connectivity index (χ2n) is 4.90. The third kappa shape index (κ3) is 2.60. The van der Waals surface area contributed by atoms with E-state index in [-0.39, 0.29) is 0 Å². The number of halogens is 1. The molecule has 0 aliphatic heterocycles. The first-order valence-corrected chi connectivity index (χ1v) is 8.45. The normalized spacial score (nSPS) is 11.7. The fourth-order valence-electron chi connectivity index (χ4n) is 2.40. The van der Waals surface area contributed by atoms with Crippen LogP contribution in [-0.2, 0) is 7.05 Å². The Morgan fingerprint density at radius 2 is 2.09 bits per heavy atom. The lowest BCUT2D eigenvalue weighted by atomic mass is 10.2. The van der Waals surface area contributed by atoms with Crippen LogP contribution in [0.2, 0.25) is 0 Å². The summed E-state index contributed by atoms with van der Waals surface area (Å²) in [7, 11) is 1.97. The van der Waals surface area contributed by atoms with E-state index < -0.39 is 0 Å². The fraction of sp³-hybridized carbons (Fsp3) is 0.0667. The van der Waals surface area contributed by atoms with Gasteiger partial charge in [-0.1, -0.05) is 18.2 Å². The number of aromatic nitrogens is 4. The van der Waals surface area contributed by atoms with Crippen molar-refractivity contribution in [2.24, 2.45) is 12.1 Å². The van der Waals surface area contributed by atoms with Crippen LogP contribution >= 0.6 is 27.3 Å². The number of para-hydroxylation sites is 1. The third-order valence-corrected chi connectivity index (χ3v) is 5.02. The van der Waals surface area contributed by atoms with E-state index in [9.17, 15) is 0 Å². The summed E-state index contributed by atoms with van der Waals surface area (Å²) in [5, 5.41) is 13.6. The van der Waals surface area contributed by atoms with Gasteiger partial charge in [0.15, 0.2) is 5.65 Å². The van der Waals surface area contributed by atoms with Crippen LogP contribution in [0.1, 0.15) is 4.88 Å². The fourth-order valence-corrected chi connectivity index (χ4v) is 3.70. The number of rotatable bonds is 3. The van der Waals surface area contributed by atoms with Crippen molar-refractivity contribution in [1.82, 2.24) is 19.7 Å². The van der Waals surface area contributed by atoms with Crippen molar-refractivity contribution in [3.63, 3.8) is 0 Å². The molecule has 23 heavy (non-hydrogen) atoms. The summed E-state index contributed by atoms with van der Waals surface area (Å²) >= 11 is 5.02. The van der Waals surface area contributed by atoms with Crippen LogP contribution in [-0.4, -0.2) is 26.0 Å². The van der Waals surface area contributed by atoms with Crippen LogP contribution in [0.5, 0.6) is 0 Å². The summed E-state index contributed by atoms with van der Waals surface area (Å²) in [5.74, 6) is 0.371. The third-order valence-electron chi connectivity index (χ3n) is 3.46.